The molecule has 0 spiro atoms. The number of hydrogen-bond donors (Lipinski definition) is 1. The SMILES string of the molecule is CCCC[C@H]1Cc2cc(OC)ccc2[C@H](c2ccc(C(=O)OC)nc2)N1. The molecule has 0 unspecified atom stereocenters. The van der Waals surface area contributed by atoms with Crippen LogP contribution in [0.4, 0.5) is 0 Å². The molecule has 0 saturated heterocycles. The van der Waals surface area contributed by atoms with Crippen LogP contribution >= 0.6 is 0 Å². The molecule has 3 rings (SSSR count). The molecule has 0 saturated carbocycles. The van der Waals surface area contributed by atoms with Gasteiger partial charge in [-0.3, -0.25) is 0 Å². The smallest absolute Gasteiger partial charge is 0.356 e. The first kappa shape index (κ1) is 18.4. The molecule has 1 aromatic heterocycles. The van der Waals surface area contributed by atoms with E-state index < -0.39 is 5.97 Å². The number of esters is 1. The van der Waals surface area contributed by atoms with E-state index in [0.29, 0.717) is 11.7 Å². The molecule has 2 atom stereocenters. The van der Waals surface area contributed by atoms with Crippen molar-refractivity contribution in [1.29, 1.82) is 0 Å². The third kappa shape index (κ3) is 3.88. The highest BCUT2D eigenvalue weighted by Crippen LogP contribution is 2.33. The number of hydrogen-bond acceptors (Lipinski definition) is 5. The Morgan fingerprint density at radius 1 is 1.27 bits per heavy atom. The minimum Gasteiger partial charge on any atom is -0.497 e. The Labute approximate surface area is 154 Å². The molecule has 1 aliphatic rings. The van der Waals surface area contributed by atoms with Crippen LogP contribution in [0, 0.1) is 0 Å². The van der Waals surface area contributed by atoms with Crippen molar-refractivity contribution in [3.05, 3.63) is 58.9 Å². The predicted molar refractivity (Wildman–Crippen MR) is 101 cm³/mol. The third-order valence-electron chi connectivity index (χ3n) is 4.95. The summed E-state index contributed by atoms with van der Waals surface area (Å²) in [5.41, 5.74) is 3.92. The first-order valence-electron chi connectivity index (χ1n) is 9.13. The van der Waals surface area contributed by atoms with Gasteiger partial charge in [-0.1, -0.05) is 31.9 Å². The number of carbonyl (C=O) groups is 1. The van der Waals surface area contributed by atoms with Gasteiger partial charge < -0.3 is 14.8 Å². The van der Waals surface area contributed by atoms with Crippen molar-refractivity contribution < 1.29 is 14.3 Å². The largest absolute Gasteiger partial charge is 0.497 e. The monoisotopic (exact) mass is 354 g/mol. The van der Waals surface area contributed by atoms with Crippen molar-refractivity contribution in [3.8, 4) is 5.75 Å². The molecule has 1 N–H and O–H groups in total. The number of ether oxygens (including phenoxy) is 2. The number of carbonyl (C=O) groups excluding carboxylic acids is 1. The fourth-order valence-corrected chi connectivity index (χ4v) is 3.53. The first-order chi connectivity index (χ1) is 12.7. The number of aromatic nitrogens is 1. The van der Waals surface area contributed by atoms with E-state index in [9.17, 15) is 4.79 Å². The highest BCUT2D eigenvalue weighted by atomic mass is 16.5. The zero-order valence-electron chi connectivity index (χ0n) is 15.6. The fourth-order valence-electron chi connectivity index (χ4n) is 3.53. The fraction of sp³-hybridized carbons (Fsp3) is 0.429. The van der Waals surface area contributed by atoms with E-state index in [2.05, 4.69) is 29.4 Å². The molecule has 1 aliphatic heterocycles. The molecule has 138 valence electrons. The maximum atomic E-state index is 11.6. The normalized spacial score (nSPS) is 18.9. The summed E-state index contributed by atoms with van der Waals surface area (Å²) < 4.78 is 10.1. The summed E-state index contributed by atoms with van der Waals surface area (Å²) >= 11 is 0. The Morgan fingerprint density at radius 3 is 2.77 bits per heavy atom. The van der Waals surface area contributed by atoms with Crippen LogP contribution in [-0.4, -0.2) is 31.2 Å². The van der Waals surface area contributed by atoms with Gasteiger partial charge in [-0.15, -0.1) is 0 Å². The Morgan fingerprint density at radius 2 is 2.12 bits per heavy atom. The molecule has 0 aliphatic carbocycles. The second kappa shape index (κ2) is 8.32. The number of methoxy groups -OCH3 is 2. The summed E-state index contributed by atoms with van der Waals surface area (Å²) in [5, 5.41) is 3.76. The molecule has 2 heterocycles. The maximum Gasteiger partial charge on any atom is 0.356 e. The van der Waals surface area contributed by atoms with Crippen LogP contribution in [0.3, 0.4) is 0 Å². The summed E-state index contributed by atoms with van der Waals surface area (Å²) in [6, 6.07) is 10.4. The van der Waals surface area contributed by atoms with Crippen molar-refractivity contribution in [1.82, 2.24) is 10.3 Å². The lowest BCUT2D eigenvalue weighted by Gasteiger charge is -2.34. The molecule has 5 nitrogen and oxygen atoms in total. The van der Waals surface area contributed by atoms with Crippen molar-refractivity contribution in [3.63, 3.8) is 0 Å². The average molecular weight is 354 g/mol. The predicted octanol–water partition coefficient (Wildman–Crippen LogP) is 3.67. The van der Waals surface area contributed by atoms with Gasteiger partial charge in [0.15, 0.2) is 0 Å². The van der Waals surface area contributed by atoms with Crippen molar-refractivity contribution in [2.45, 2.75) is 44.7 Å². The maximum absolute atomic E-state index is 11.6. The number of unbranched alkanes of at least 4 members (excludes halogenated alkanes) is 1. The van der Waals surface area contributed by atoms with E-state index in [0.717, 1.165) is 24.2 Å². The summed E-state index contributed by atoms with van der Waals surface area (Å²) in [6.07, 6.45) is 6.28. The van der Waals surface area contributed by atoms with Crippen LogP contribution < -0.4 is 10.1 Å². The van der Waals surface area contributed by atoms with Crippen LogP contribution in [0.1, 0.15) is 59.4 Å². The lowest BCUT2D eigenvalue weighted by Crippen LogP contribution is -2.40. The van der Waals surface area contributed by atoms with Gasteiger partial charge in [0.2, 0.25) is 0 Å². The van der Waals surface area contributed by atoms with Gasteiger partial charge >= 0.3 is 5.97 Å². The summed E-state index contributed by atoms with van der Waals surface area (Å²) in [7, 11) is 3.06. The molecule has 0 amide bonds. The van der Waals surface area contributed by atoms with Gasteiger partial charge in [-0.05, 0) is 47.7 Å². The van der Waals surface area contributed by atoms with Crippen molar-refractivity contribution in [2.24, 2.45) is 0 Å². The van der Waals surface area contributed by atoms with E-state index in [4.69, 9.17) is 9.47 Å². The van der Waals surface area contributed by atoms with E-state index >= 15 is 0 Å². The van der Waals surface area contributed by atoms with Gasteiger partial charge in [0.1, 0.15) is 11.4 Å². The Hall–Kier alpha value is -2.40. The number of fused-ring (bicyclic) bond motifs is 1. The highest BCUT2D eigenvalue weighted by molar-refractivity contribution is 5.87. The van der Waals surface area contributed by atoms with Crippen LogP contribution in [0.5, 0.6) is 5.75 Å². The quantitative estimate of drug-likeness (QED) is 0.802. The van der Waals surface area contributed by atoms with Gasteiger partial charge in [0.25, 0.3) is 0 Å². The number of nitrogens with zero attached hydrogens (tertiary/aromatic N) is 1. The Bertz CT molecular complexity index is 758. The van der Waals surface area contributed by atoms with Crippen molar-refractivity contribution >= 4 is 5.97 Å². The molecule has 5 heteroatoms. The number of pyridine rings is 1. The van der Waals surface area contributed by atoms with Gasteiger partial charge in [-0.2, -0.15) is 0 Å². The first-order valence-corrected chi connectivity index (χ1v) is 9.13. The highest BCUT2D eigenvalue weighted by Gasteiger charge is 2.27. The van der Waals surface area contributed by atoms with E-state index in [1.807, 2.05) is 12.1 Å². The Balaban J connectivity index is 1.93. The molecular weight excluding hydrogens is 328 g/mol. The minimum atomic E-state index is -0.417. The molecule has 2 aromatic rings. The van der Waals surface area contributed by atoms with Crippen LogP contribution in [0.25, 0.3) is 0 Å². The number of nitrogens with one attached hydrogen (secondary N) is 1. The van der Waals surface area contributed by atoms with Crippen LogP contribution in [0.15, 0.2) is 36.5 Å². The van der Waals surface area contributed by atoms with Gasteiger partial charge in [0, 0.05) is 12.2 Å². The summed E-state index contributed by atoms with van der Waals surface area (Å²) in [4.78, 5) is 15.9. The summed E-state index contributed by atoms with van der Waals surface area (Å²) in [5.74, 6) is 0.469. The summed E-state index contributed by atoms with van der Waals surface area (Å²) in [6.45, 7) is 2.22. The second-order valence-electron chi connectivity index (χ2n) is 6.68. The minimum absolute atomic E-state index is 0.0608. The topological polar surface area (TPSA) is 60.5 Å². The number of benzene rings is 1. The molecule has 26 heavy (non-hydrogen) atoms. The molecular formula is C21H26N2O3. The van der Waals surface area contributed by atoms with Crippen LogP contribution in [-0.2, 0) is 11.2 Å². The van der Waals surface area contributed by atoms with E-state index in [1.165, 1.54) is 31.1 Å². The van der Waals surface area contributed by atoms with E-state index in [-0.39, 0.29) is 6.04 Å². The average Bonchev–Trinajstić information content (AvgIpc) is 2.70. The molecule has 1 aromatic carbocycles. The zero-order chi connectivity index (χ0) is 18.5. The molecule has 0 radical (unpaired) electrons. The standard InChI is InChI=1S/C21H26N2O3/c1-4-5-6-16-11-15-12-17(25-2)8-9-18(15)20(23-16)14-7-10-19(22-13-14)21(24)26-3/h7-10,12-13,16,20,23H,4-6,11H2,1-3H3/t16-,20-/m0/s1. The number of rotatable bonds is 6. The van der Waals surface area contributed by atoms with Crippen LogP contribution in [0.2, 0.25) is 0 Å². The van der Waals surface area contributed by atoms with Gasteiger partial charge in [0.05, 0.1) is 20.3 Å². The molecule has 0 bridgehead atoms. The third-order valence-corrected chi connectivity index (χ3v) is 4.95. The second-order valence-corrected chi connectivity index (χ2v) is 6.68. The van der Waals surface area contributed by atoms with Gasteiger partial charge in [-0.25, -0.2) is 9.78 Å². The molecule has 0 fully saturated rings. The Kier molecular flexibility index (Phi) is 5.89. The van der Waals surface area contributed by atoms with Crippen molar-refractivity contribution in [2.75, 3.05) is 14.2 Å². The lowest BCUT2D eigenvalue weighted by atomic mass is 9.85. The zero-order valence-corrected chi connectivity index (χ0v) is 15.6. The lowest BCUT2D eigenvalue weighted by molar-refractivity contribution is 0.0594. The van der Waals surface area contributed by atoms with E-state index in [1.54, 1.807) is 19.4 Å².